The summed E-state index contributed by atoms with van der Waals surface area (Å²) in [6, 6.07) is 10.4. The van der Waals surface area contributed by atoms with Gasteiger partial charge in [0.25, 0.3) is 0 Å². The minimum Gasteiger partial charge on any atom is -0.340 e. The maximum atomic E-state index is 12.2. The number of benzene rings is 1. The zero-order valence-corrected chi connectivity index (χ0v) is 15.8. The number of carbonyl (C=O) groups excluding carboxylic acids is 1. The fraction of sp³-hybridized carbons (Fsp3) is 0.588. The van der Waals surface area contributed by atoms with Crippen LogP contribution in [0.15, 0.2) is 30.3 Å². The van der Waals surface area contributed by atoms with Crippen LogP contribution in [-0.4, -0.2) is 46.9 Å². The number of piperazine rings is 1. The quantitative estimate of drug-likeness (QED) is 0.896. The van der Waals surface area contributed by atoms with Crippen LogP contribution in [0.3, 0.4) is 0 Å². The lowest BCUT2D eigenvalue weighted by Gasteiger charge is -2.47. The SMILES string of the molecule is CC(N)CC(=O)N1CCN(Cc2ccccc2)C(C)(C)C1.Cl.Cl. The summed E-state index contributed by atoms with van der Waals surface area (Å²) in [7, 11) is 0. The van der Waals surface area contributed by atoms with Crippen LogP contribution in [0.25, 0.3) is 0 Å². The molecule has 6 heteroatoms. The van der Waals surface area contributed by atoms with E-state index in [-0.39, 0.29) is 42.3 Å². The van der Waals surface area contributed by atoms with E-state index in [0.29, 0.717) is 6.42 Å². The van der Waals surface area contributed by atoms with Gasteiger partial charge in [0.2, 0.25) is 5.91 Å². The van der Waals surface area contributed by atoms with Crippen LogP contribution in [0.2, 0.25) is 0 Å². The monoisotopic (exact) mass is 361 g/mol. The van der Waals surface area contributed by atoms with Crippen LogP contribution in [0.4, 0.5) is 0 Å². The van der Waals surface area contributed by atoms with Crippen LogP contribution < -0.4 is 5.73 Å². The molecule has 4 nitrogen and oxygen atoms in total. The van der Waals surface area contributed by atoms with Crippen LogP contribution in [0.5, 0.6) is 0 Å². The third kappa shape index (κ3) is 6.30. The second-order valence-electron chi connectivity index (χ2n) is 6.72. The van der Waals surface area contributed by atoms with Crippen LogP contribution in [0, 0.1) is 0 Å². The van der Waals surface area contributed by atoms with E-state index >= 15 is 0 Å². The van der Waals surface area contributed by atoms with Gasteiger partial charge < -0.3 is 10.6 Å². The molecule has 1 aliphatic rings. The fourth-order valence-corrected chi connectivity index (χ4v) is 2.90. The van der Waals surface area contributed by atoms with Gasteiger partial charge in [-0.15, -0.1) is 24.8 Å². The minimum absolute atomic E-state index is 0. The van der Waals surface area contributed by atoms with Gasteiger partial charge in [-0.3, -0.25) is 9.69 Å². The molecule has 132 valence electrons. The molecule has 0 aliphatic carbocycles. The molecule has 1 unspecified atom stereocenters. The van der Waals surface area contributed by atoms with Gasteiger partial charge in [0, 0.05) is 44.2 Å². The summed E-state index contributed by atoms with van der Waals surface area (Å²) >= 11 is 0. The topological polar surface area (TPSA) is 49.6 Å². The lowest BCUT2D eigenvalue weighted by molar-refractivity contribution is -0.136. The first-order chi connectivity index (χ1) is 9.88. The lowest BCUT2D eigenvalue weighted by Crippen LogP contribution is -2.60. The van der Waals surface area contributed by atoms with E-state index in [4.69, 9.17) is 5.73 Å². The number of amides is 1. The largest absolute Gasteiger partial charge is 0.340 e. The van der Waals surface area contributed by atoms with Crippen molar-refractivity contribution in [2.75, 3.05) is 19.6 Å². The van der Waals surface area contributed by atoms with E-state index in [1.54, 1.807) is 0 Å². The van der Waals surface area contributed by atoms with E-state index < -0.39 is 0 Å². The Morgan fingerprint density at radius 2 is 1.83 bits per heavy atom. The Kier molecular flexibility index (Phi) is 9.14. The van der Waals surface area contributed by atoms with Gasteiger partial charge in [-0.05, 0) is 26.3 Å². The van der Waals surface area contributed by atoms with Crippen molar-refractivity contribution in [2.24, 2.45) is 5.73 Å². The molecular weight excluding hydrogens is 333 g/mol. The third-order valence-electron chi connectivity index (χ3n) is 4.14. The molecule has 1 saturated heterocycles. The summed E-state index contributed by atoms with van der Waals surface area (Å²) in [5.74, 6) is 0.178. The van der Waals surface area contributed by atoms with E-state index in [1.165, 1.54) is 5.56 Å². The average Bonchev–Trinajstić information content (AvgIpc) is 2.41. The maximum Gasteiger partial charge on any atom is 0.224 e. The van der Waals surface area contributed by atoms with E-state index in [9.17, 15) is 4.79 Å². The highest BCUT2D eigenvalue weighted by molar-refractivity contribution is 5.85. The van der Waals surface area contributed by atoms with Crippen molar-refractivity contribution in [1.82, 2.24) is 9.80 Å². The molecule has 0 spiro atoms. The second-order valence-corrected chi connectivity index (χ2v) is 6.72. The van der Waals surface area contributed by atoms with Gasteiger partial charge in [0.1, 0.15) is 0 Å². The first kappa shape index (κ1) is 22.2. The van der Waals surface area contributed by atoms with Crippen molar-refractivity contribution >= 4 is 30.7 Å². The van der Waals surface area contributed by atoms with Crippen LogP contribution in [-0.2, 0) is 11.3 Å². The third-order valence-corrected chi connectivity index (χ3v) is 4.14. The Labute approximate surface area is 152 Å². The highest BCUT2D eigenvalue weighted by Gasteiger charge is 2.35. The highest BCUT2D eigenvalue weighted by Crippen LogP contribution is 2.23. The summed E-state index contributed by atoms with van der Waals surface area (Å²) in [5, 5.41) is 0. The number of hydrogen-bond acceptors (Lipinski definition) is 3. The summed E-state index contributed by atoms with van der Waals surface area (Å²) in [6.07, 6.45) is 0.439. The normalized spacial score (nSPS) is 18.5. The van der Waals surface area contributed by atoms with Crippen molar-refractivity contribution in [3.8, 4) is 0 Å². The smallest absolute Gasteiger partial charge is 0.224 e. The van der Waals surface area contributed by atoms with Crippen molar-refractivity contribution in [3.63, 3.8) is 0 Å². The molecule has 2 N–H and O–H groups in total. The van der Waals surface area contributed by atoms with Gasteiger partial charge in [0.05, 0.1) is 0 Å². The molecule has 1 atom stereocenters. The van der Waals surface area contributed by atoms with Crippen molar-refractivity contribution in [2.45, 2.75) is 45.3 Å². The lowest BCUT2D eigenvalue weighted by atomic mass is 9.97. The summed E-state index contributed by atoms with van der Waals surface area (Å²) in [6.45, 7) is 9.71. The Balaban J connectivity index is 0.00000242. The summed E-state index contributed by atoms with van der Waals surface area (Å²) in [5.41, 5.74) is 7.05. The standard InChI is InChI=1S/C17H27N3O.2ClH/c1-14(18)11-16(21)19-9-10-20(17(2,3)13-19)12-15-7-5-4-6-8-15;;/h4-8,14H,9-13,18H2,1-3H3;2*1H. The fourth-order valence-electron chi connectivity index (χ4n) is 2.90. The van der Waals surface area contributed by atoms with E-state index in [2.05, 4.69) is 43.0 Å². The molecule has 2 rings (SSSR count). The number of nitrogens with zero attached hydrogens (tertiary/aromatic N) is 2. The Hall–Kier alpha value is -0.810. The first-order valence-corrected chi connectivity index (χ1v) is 7.71. The van der Waals surface area contributed by atoms with Crippen molar-refractivity contribution in [1.29, 1.82) is 0 Å². The number of hydrogen-bond donors (Lipinski definition) is 1. The second kappa shape index (κ2) is 9.48. The molecule has 0 aromatic heterocycles. The Morgan fingerprint density at radius 3 is 2.35 bits per heavy atom. The number of halogens is 2. The van der Waals surface area contributed by atoms with E-state index in [0.717, 1.165) is 26.2 Å². The van der Waals surface area contributed by atoms with Gasteiger partial charge in [-0.1, -0.05) is 30.3 Å². The van der Waals surface area contributed by atoms with Gasteiger partial charge in [-0.2, -0.15) is 0 Å². The summed E-state index contributed by atoms with van der Waals surface area (Å²) in [4.78, 5) is 16.6. The van der Waals surface area contributed by atoms with Crippen molar-refractivity contribution in [3.05, 3.63) is 35.9 Å². The van der Waals surface area contributed by atoms with Gasteiger partial charge in [-0.25, -0.2) is 0 Å². The molecular formula is C17H29Cl2N3O. The molecule has 0 bridgehead atoms. The van der Waals surface area contributed by atoms with Crippen LogP contribution >= 0.6 is 24.8 Å². The Morgan fingerprint density at radius 1 is 1.22 bits per heavy atom. The maximum absolute atomic E-state index is 12.2. The number of carbonyl (C=O) groups is 1. The van der Waals surface area contributed by atoms with Crippen LogP contribution in [0.1, 0.15) is 32.8 Å². The molecule has 1 aromatic rings. The molecule has 1 amide bonds. The molecule has 1 heterocycles. The molecule has 1 aliphatic heterocycles. The molecule has 0 saturated carbocycles. The Bertz CT molecular complexity index is 480. The molecule has 23 heavy (non-hydrogen) atoms. The van der Waals surface area contributed by atoms with E-state index in [1.807, 2.05) is 17.9 Å². The molecule has 1 aromatic carbocycles. The predicted octanol–water partition coefficient (Wildman–Crippen LogP) is 2.69. The molecule has 0 radical (unpaired) electrons. The summed E-state index contributed by atoms with van der Waals surface area (Å²) < 4.78 is 0. The number of rotatable bonds is 4. The van der Waals surface area contributed by atoms with Gasteiger partial charge >= 0.3 is 0 Å². The zero-order chi connectivity index (χ0) is 15.5. The number of nitrogens with two attached hydrogens (primary N) is 1. The minimum atomic E-state index is -0.0667. The first-order valence-electron chi connectivity index (χ1n) is 7.71. The zero-order valence-electron chi connectivity index (χ0n) is 14.2. The highest BCUT2D eigenvalue weighted by atomic mass is 35.5. The average molecular weight is 362 g/mol. The molecule has 1 fully saturated rings. The predicted molar refractivity (Wildman–Crippen MR) is 100 cm³/mol. The van der Waals surface area contributed by atoms with Crippen molar-refractivity contribution < 1.29 is 4.79 Å². The van der Waals surface area contributed by atoms with Gasteiger partial charge in [0.15, 0.2) is 0 Å².